The minimum Gasteiger partial charge on any atom is -0.464 e. The maximum atomic E-state index is 11.7. The molecule has 7 heteroatoms. The number of nitrogens with one attached hydrogen (secondary N) is 1. The van der Waals surface area contributed by atoms with Gasteiger partial charge in [-0.3, -0.25) is 0 Å². The van der Waals surface area contributed by atoms with Gasteiger partial charge < -0.3 is 19.0 Å². The van der Waals surface area contributed by atoms with Crippen molar-refractivity contribution >= 4 is 29.6 Å². The molecule has 1 aliphatic heterocycles. The molecule has 0 bridgehead atoms. The van der Waals surface area contributed by atoms with Gasteiger partial charge in [0.1, 0.15) is 11.3 Å². The fourth-order valence-electron chi connectivity index (χ4n) is 2.44. The molecule has 0 atom stereocenters. The van der Waals surface area contributed by atoms with Crippen LogP contribution in [-0.2, 0) is 14.0 Å². The Kier molecular flexibility index (Phi) is 3.30. The first-order chi connectivity index (χ1) is 10.2. The normalized spacial score (nSPS) is 19.6. The Balaban J connectivity index is 2.05. The highest BCUT2D eigenvalue weighted by atomic mass is 16.7. The number of pyridine rings is 1. The van der Waals surface area contributed by atoms with Crippen LogP contribution in [0.25, 0.3) is 11.0 Å². The van der Waals surface area contributed by atoms with E-state index in [4.69, 9.17) is 14.0 Å². The Morgan fingerprint density at radius 2 is 1.91 bits per heavy atom. The van der Waals surface area contributed by atoms with E-state index in [9.17, 15) is 4.79 Å². The van der Waals surface area contributed by atoms with E-state index in [1.54, 1.807) is 12.3 Å². The zero-order valence-electron chi connectivity index (χ0n) is 13.4. The lowest BCUT2D eigenvalue weighted by Crippen LogP contribution is -2.41. The second kappa shape index (κ2) is 4.82. The van der Waals surface area contributed by atoms with Crippen LogP contribution in [0.5, 0.6) is 0 Å². The molecule has 0 radical (unpaired) electrons. The molecule has 3 heterocycles. The molecule has 1 fully saturated rings. The van der Waals surface area contributed by atoms with Crippen LogP contribution in [0, 0.1) is 0 Å². The van der Waals surface area contributed by atoms with E-state index in [1.165, 1.54) is 7.11 Å². The number of carbonyl (C=O) groups is 1. The van der Waals surface area contributed by atoms with Crippen molar-refractivity contribution in [3.8, 4) is 0 Å². The Hall–Kier alpha value is -1.86. The summed E-state index contributed by atoms with van der Waals surface area (Å²) in [5.74, 6) is -0.433. The number of fused-ring (bicyclic) bond motifs is 1. The van der Waals surface area contributed by atoms with Crippen LogP contribution in [0.2, 0.25) is 0 Å². The number of hydrogen-bond acceptors (Lipinski definition) is 5. The molecular weight excluding hydrogens is 283 g/mol. The minimum atomic E-state index is -0.503. The van der Waals surface area contributed by atoms with Crippen molar-refractivity contribution in [2.24, 2.45) is 0 Å². The Bertz CT molecular complexity index is 722. The summed E-state index contributed by atoms with van der Waals surface area (Å²) in [5.41, 5.74) is 0.959. The highest BCUT2D eigenvalue weighted by Gasteiger charge is 2.52. The molecule has 116 valence electrons. The molecule has 0 amide bonds. The molecule has 6 nitrogen and oxygen atoms in total. The third-order valence-corrected chi connectivity index (χ3v) is 4.48. The molecule has 2 aromatic rings. The monoisotopic (exact) mass is 302 g/mol. The zero-order chi connectivity index (χ0) is 16.1. The number of H-pyrrole nitrogens is 1. The van der Waals surface area contributed by atoms with E-state index in [0.29, 0.717) is 11.3 Å². The summed E-state index contributed by atoms with van der Waals surface area (Å²) in [6.07, 6.45) is 1.67. The fourth-order valence-corrected chi connectivity index (χ4v) is 2.44. The van der Waals surface area contributed by atoms with Crippen LogP contribution in [0.1, 0.15) is 38.2 Å². The number of methoxy groups -OCH3 is 1. The molecule has 1 aliphatic rings. The fraction of sp³-hybridized carbons (Fsp3) is 0.467. The second-order valence-corrected chi connectivity index (χ2v) is 6.43. The smallest absolute Gasteiger partial charge is 0.464 e. The van der Waals surface area contributed by atoms with Gasteiger partial charge in [-0.25, -0.2) is 9.78 Å². The number of esters is 1. The van der Waals surface area contributed by atoms with Gasteiger partial charge in [0.25, 0.3) is 0 Å². The van der Waals surface area contributed by atoms with Crippen molar-refractivity contribution in [1.82, 2.24) is 9.97 Å². The topological polar surface area (TPSA) is 73.4 Å². The van der Waals surface area contributed by atoms with Gasteiger partial charge in [-0.1, -0.05) is 0 Å². The van der Waals surface area contributed by atoms with Gasteiger partial charge in [-0.05, 0) is 45.3 Å². The summed E-state index contributed by atoms with van der Waals surface area (Å²) < 4.78 is 16.9. The quantitative estimate of drug-likeness (QED) is 0.674. The zero-order valence-corrected chi connectivity index (χ0v) is 13.4. The predicted octanol–water partition coefficient (Wildman–Crippen LogP) is 1.65. The number of ether oxygens (including phenoxy) is 1. The van der Waals surface area contributed by atoms with Crippen LogP contribution in [0.15, 0.2) is 18.3 Å². The van der Waals surface area contributed by atoms with E-state index in [-0.39, 0.29) is 0 Å². The van der Waals surface area contributed by atoms with Gasteiger partial charge in [0.2, 0.25) is 0 Å². The number of aromatic nitrogens is 2. The van der Waals surface area contributed by atoms with Gasteiger partial charge >= 0.3 is 13.1 Å². The molecule has 0 saturated carbocycles. The molecule has 2 aromatic heterocycles. The van der Waals surface area contributed by atoms with Crippen LogP contribution in [-0.4, -0.2) is 41.4 Å². The molecule has 0 aliphatic carbocycles. The molecule has 22 heavy (non-hydrogen) atoms. The highest BCUT2D eigenvalue weighted by Crippen LogP contribution is 2.36. The third kappa shape index (κ3) is 2.21. The molecule has 0 aromatic carbocycles. The number of aromatic amines is 1. The third-order valence-electron chi connectivity index (χ3n) is 4.48. The molecule has 3 rings (SSSR count). The lowest BCUT2D eigenvalue weighted by Gasteiger charge is -2.32. The van der Waals surface area contributed by atoms with E-state index < -0.39 is 24.3 Å². The van der Waals surface area contributed by atoms with Crippen LogP contribution < -0.4 is 5.46 Å². The Morgan fingerprint density at radius 3 is 2.50 bits per heavy atom. The second-order valence-electron chi connectivity index (χ2n) is 6.43. The van der Waals surface area contributed by atoms with Crippen LogP contribution >= 0.6 is 0 Å². The SMILES string of the molecule is COC(=O)c1cc2c(B3OC(C)(C)C(C)(C)O3)ccnc2[nH]1. The first-order valence-corrected chi connectivity index (χ1v) is 7.17. The van der Waals surface area contributed by atoms with Gasteiger partial charge in [-0.15, -0.1) is 0 Å². The minimum absolute atomic E-state index is 0.356. The summed E-state index contributed by atoms with van der Waals surface area (Å²) in [7, 11) is 0.841. The van der Waals surface area contributed by atoms with Crippen LogP contribution in [0.3, 0.4) is 0 Å². The first-order valence-electron chi connectivity index (χ1n) is 7.17. The van der Waals surface area contributed by atoms with Crippen molar-refractivity contribution < 1.29 is 18.8 Å². The number of nitrogens with zero attached hydrogens (tertiary/aromatic N) is 1. The summed E-state index contributed by atoms with van der Waals surface area (Å²) in [6, 6.07) is 3.56. The first kappa shape index (κ1) is 15.1. The van der Waals surface area contributed by atoms with Gasteiger partial charge in [0.15, 0.2) is 0 Å². The van der Waals surface area contributed by atoms with E-state index in [0.717, 1.165) is 10.8 Å². The number of hydrogen-bond donors (Lipinski definition) is 1. The van der Waals surface area contributed by atoms with E-state index in [1.807, 2.05) is 33.8 Å². The van der Waals surface area contributed by atoms with E-state index >= 15 is 0 Å². The van der Waals surface area contributed by atoms with Crippen LogP contribution in [0.4, 0.5) is 0 Å². The van der Waals surface area contributed by atoms with Gasteiger partial charge in [-0.2, -0.15) is 0 Å². The Morgan fingerprint density at radius 1 is 1.27 bits per heavy atom. The van der Waals surface area contributed by atoms with Crippen molar-refractivity contribution in [3.05, 3.63) is 24.0 Å². The lowest BCUT2D eigenvalue weighted by molar-refractivity contribution is 0.00578. The average Bonchev–Trinajstić information content (AvgIpc) is 2.96. The van der Waals surface area contributed by atoms with Gasteiger partial charge in [0.05, 0.1) is 18.3 Å². The van der Waals surface area contributed by atoms with E-state index in [2.05, 4.69) is 9.97 Å². The predicted molar refractivity (Wildman–Crippen MR) is 83.1 cm³/mol. The standard InChI is InChI=1S/C15H19BN2O4/c1-14(2)15(3,4)22-16(21-14)10-6-7-17-12-9(10)8-11(18-12)13(19)20-5/h6-8H,1-5H3,(H,17,18). The maximum Gasteiger partial charge on any atom is 0.495 e. The van der Waals surface area contributed by atoms with Crippen molar-refractivity contribution in [1.29, 1.82) is 0 Å². The van der Waals surface area contributed by atoms with Crippen molar-refractivity contribution in [3.63, 3.8) is 0 Å². The lowest BCUT2D eigenvalue weighted by atomic mass is 9.78. The largest absolute Gasteiger partial charge is 0.495 e. The molecule has 1 N–H and O–H groups in total. The Labute approximate surface area is 129 Å². The van der Waals surface area contributed by atoms with Crippen molar-refractivity contribution in [2.75, 3.05) is 7.11 Å². The maximum absolute atomic E-state index is 11.7. The highest BCUT2D eigenvalue weighted by molar-refractivity contribution is 6.65. The van der Waals surface area contributed by atoms with Gasteiger partial charge in [0, 0.05) is 11.6 Å². The molecule has 0 spiro atoms. The molecule has 1 saturated heterocycles. The number of carbonyl (C=O) groups excluding carboxylic acids is 1. The summed E-state index contributed by atoms with van der Waals surface area (Å²) in [6.45, 7) is 8.01. The van der Waals surface area contributed by atoms with Crippen molar-refractivity contribution in [2.45, 2.75) is 38.9 Å². The average molecular weight is 302 g/mol. The molecular formula is C15H19BN2O4. The molecule has 0 unspecified atom stereocenters. The summed E-state index contributed by atoms with van der Waals surface area (Å²) in [5, 5.41) is 0.793. The summed E-state index contributed by atoms with van der Waals surface area (Å²) >= 11 is 0. The number of rotatable bonds is 2. The summed E-state index contributed by atoms with van der Waals surface area (Å²) in [4.78, 5) is 18.9.